The number of alkyl halides is 1. The molecule has 7 nitrogen and oxygen atoms in total. The molecule has 0 radical (unpaired) electrons. The van der Waals surface area contributed by atoms with Gasteiger partial charge in [-0.3, -0.25) is 19.4 Å². The predicted octanol–water partition coefficient (Wildman–Crippen LogP) is 5.38. The first-order chi connectivity index (χ1) is 17.3. The summed E-state index contributed by atoms with van der Waals surface area (Å²) < 4.78 is 18.5. The normalized spacial score (nSPS) is 18.1. The molecule has 1 aromatic carbocycles. The molecule has 1 aromatic heterocycles. The number of nitrogens with zero attached hydrogens (tertiary/aromatic N) is 2. The number of oxime groups is 1. The number of pyridine rings is 1. The van der Waals surface area contributed by atoms with Crippen molar-refractivity contribution in [2.45, 2.75) is 71.3 Å². The van der Waals surface area contributed by atoms with E-state index in [2.05, 4.69) is 17.1 Å². The summed E-state index contributed by atoms with van der Waals surface area (Å²) in [5.74, 6) is -3.18. The van der Waals surface area contributed by atoms with Crippen LogP contribution in [-0.4, -0.2) is 47.1 Å². The van der Waals surface area contributed by atoms with Gasteiger partial charge in [0.2, 0.25) is 5.60 Å². The third kappa shape index (κ3) is 6.33. The van der Waals surface area contributed by atoms with Crippen LogP contribution in [0.1, 0.15) is 71.4 Å². The van der Waals surface area contributed by atoms with E-state index in [1.807, 2.05) is 44.2 Å². The average molecular weight is 499 g/mol. The van der Waals surface area contributed by atoms with E-state index in [0.29, 0.717) is 11.4 Å². The molecule has 0 amide bonds. The summed E-state index contributed by atoms with van der Waals surface area (Å²) >= 11 is 0. The SMILES string of the molecule is CCCCCCOC(=O)C[C@H](CC(=O)[C@]1(C(C)C)CC(c2nccc3ccccc23)=NO1)C(=O)CF. The van der Waals surface area contributed by atoms with E-state index in [4.69, 9.17) is 9.57 Å². The summed E-state index contributed by atoms with van der Waals surface area (Å²) in [5.41, 5.74) is -0.160. The number of halogens is 1. The summed E-state index contributed by atoms with van der Waals surface area (Å²) in [6.07, 6.45) is 4.97. The Morgan fingerprint density at radius 2 is 1.89 bits per heavy atom. The maximum Gasteiger partial charge on any atom is 0.306 e. The number of aromatic nitrogens is 1. The summed E-state index contributed by atoms with van der Waals surface area (Å²) in [5, 5.41) is 6.11. The Labute approximate surface area is 211 Å². The van der Waals surface area contributed by atoms with Crippen molar-refractivity contribution >= 4 is 34.0 Å². The molecule has 8 heteroatoms. The molecule has 2 atom stereocenters. The van der Waals surface area contributed by atoms with Gasteiger partial charge in [0.25, 0.3) is 0 Å². The van der Waals surface area contributed by atoms with Crippen molar-refractivity contribution in [2.24, 2.45) is 17.0 Å². The van der Waals surface area contributed by atoms with Crippen molar-refractivity contribution in [3.8, 4) is 0 Å². The van der Waals surface area contributed by atoms with E-state index in [1.165, 1.54) is 0 Å². The van der Waals surface area contributed by atoms with E-state index in [9.17, 15) is 18.8 Å². The van der Waals surface area contributed by atoms with Gasteiger partial charge in [-0.15, -0.1) is 0 Å². The van der Waals surface area contributed by atoms with Gasteiger partial charge in [-0.05, 0) is 17.9 Å². The highest BCUT2D eigenvalue weighted by Crippen LogP contribution is 2.37. The minimum atomic E-state index is -1.33. The largest absolute Gasteiger partial charge is 0.466 e. The second kappa shape index (κ2) is 12.7. The minimum absolute atomic E-state index is 0.170. The van der Waals surface area contributed by atoms with Crippen molar-refractivity contribution < 1.29 is 28.3 Å². The molecule has 36 heavy (non-hydrogen) atoms. The van der Waals surface area contributed by atoms with Crippen LogP contribution in [0, 0.1) is 11.8 Å². The number of ketones is 2. The molecule has 0 bridgehead atoms. The zero-order chi connectivity index (χ0) is 26.1. The Bertz CT molecular complexity index is 1110. The molecule has 1 aliphatic heterocycles. The Morgan fingerprint density at radius 3 is 2.61 bits per heavy atom. The number of carbonyl (C=O) groups excluding carboxylic acids is 3. The van der Waals surface area contributed by atoms with Crippen LogP contribution in [-0.2, 0) is 24.0 Å². The molecule has 0 fully saturated rings. The number of carbonyl (C=O) groups is 3. The highest BCUT2D eigenvalue weighted by Gasteiger charge is 2.50. The molecule has 0 saturated carbocycles. The van der Waals surface area contributed by atoms with Crippen LogP contribution in [0.4, 0.5) is 4.39 Å². The smallest absolute Gasteiger partial charge is 0.306 e. The second-order valence-corrected chi connectivity index (χ2v) is 9.64. The van der Waals surface area contributed by atoms with Gasteiger partial charge in [-0.2, -0.15) is 0 Å². The van der Waals surface area contributed by atoms with Gasteiger partial charge in [0, 0.05) is 36.3 Å². The zero-order valence-electron chi connectivity index (χ0n) is 21.3. The Morgan fingerprint density at radius 1 is 1.11 bits per heavy atom. The number of hydrogen-bond donors (Lipinski definition) is 0. The number of hydrogen-bond acceptors (Lipinski definition) is 7. The number of ether oxygens (including phenoxy) is 1. The molecular weight excluding hydrogens is 463 g/mol. The van der Waals surface area contributed by atoms with Gasteiger partial charge in [-0.1, -0.05) is 69.5 Å². The molecule has 2 aromatic rings. The van der Waals surface area contributed by atoms with Crippen molar-refractivity contribution in [1.82, 2.24) is 4.98 Å². The van der Waals surface area contributed by atoms with Gasteiger partial charge in [-0.25, -0.2) is 4.39 Å². The van der Waals surface area contributed by atoms with Crippen molar-refractivity contribution in [2.75, 3.05) is 13.3 Å². The molecule has 0 unspecified atom stereocenters. The van der Waals surface area contributed by atoms with Gasteiger partial charge in [0.05, 0.1) is 18.7 Å². The lowest BCUT2D eigenvalue weighted by molar-refractivity contribution is -0.152. The van der Waals surface area contributed by atoms with Gasteiger partial charge < -0.3 is 9.57 Å². The standard InChI is InChI=1S/C28H35FN2O5/c1-4-5-6-9-14-35-26(34)16-21(24(32)18-29)15-25(33)28(19(2)3)17-23(31-36-28)27-22-11-8-7-10-20(22)12-13-30-27/h7-8,10-13,19,21H,4-6,9,14-18H2,1-3H3/t21-,28+/m0/s1. The first-order valence-corrected chi connectivity index (χ1v) is 12.7. The molecule has 194 valence electrons. The Hall–Kier alpha value is -3.16. The summed E-state index contributed by atoms with van der Waals surface area (Å²) in [6.45, 7) is 4.75. The number of benzene rings is 1. The fraction of sp³-hybridized carbons (Fsp3) is 0.536. The van der Waals surface area contributed by atoms with Crippen LogP contribution in [0.2, 0.25) is 0 Å². The molecule has 1 aliphatic rings. The Kier molecular flexibility index (Phi) is 9.67. The lowest BCUT2D eigenvalue weighted by Gasteiger charge is -2.30. The summed E-state index contributed by atoms with van der Waals surface area (Å²) in [4.78, 5) is 48.4. The predicted molar refractivity (Wildman–Crippen MR) is 135 cm³/mol. The molecular formula is C28H35FN2O5. The van der Waals surface area contributed by atoms with E-state index in [0.717, 1.165) is 36.5 Å². The number of Topliss-reactive ketones (excluding diaryl/α,β-unsaturated/α-hetero) is 2. The van der Waals surface area contributed by atoms with E-state index >= 15 is 0 Å². The molecule has 2 heterocycles. The third-order valence-electron chi connectivity index (χ3n) is 6.79. The lowest BCUT2D eigenvalue weighted by Crippen LogP contribution is -2.45. The average Bonchev–Trinajstić information content (AvgIpc) is 3.34. The van der Waals surface area contributed by atoms with Gasteiger partial charge in [0.15, 0.2) is 11.6 Å². The molecule has 3 rings (SSSR count). The van der Waals surface area contributed by atoms with E-state index in [-0.39, 0.29) is 37.6 Å². The zero-order valence-corrected chi connectivity index (χ0v) is 21.3. The summed E-state index contributed by atoms with van der Waals surface area (Å²) in [7, 11) is 0. The number of esters is 1. The fourth-order valence-corrected chi connectivity index (χ4v) is 4.49. The number of rotatable bonds is 14. The maximum absolute atomic E-state index is 13.5. The topological polar surface area (TPSA) is 94.9 Å². The Balaban J connectivity index is 1.72. The minimum Gasteiger partial charge on any atom is -0.466 e. The number of unbranched alkanes of at least 4 members (excludes halogenated alkanes) is 3. The highest BCUT2D eigenvalue weighted by atomic mass is 19.1. The highest BCUT2D eigenvalue weighted by molar-refractivity contribution is 6.12. The van der Waals surface area contributed by atoms with Crippen LogP contribution in [0.25, 0.3) is 10.8 Å². The van der Waals surface area contributed by atoms with Crippen molar-refractivity contribution in [3.63, 3.8) is 0 Å². The second-order valence-electron chi connectivity index (χ2n) is 9.64. The fourth-order valence-electron chi connectivity index (χ4n) is 4.49. The molecule has 0 spiro atoms. The third-order valence-corrected chi connectivity index (χ3v) is 6.79. The van der Waals surface area contributed by atoms with Crippen molar-refractivity contribution in [3.05, 3.63) is 42.2 Å². The quantitative estimate of drug-likeness (QED) is 0.256. The van der Waals surface area contributed by atoms with Crippen LogP contribution < -0.4 is 0 Å². The van der Waals surface area contributed by atoms with E-state index < -0.39 is 29.9 Å². The van der Waals surface area contributed by atoms with Crippen molar-refractivity contribution in [1.29, 1.82) is 0 Å². The molecule has 0 aliphatic carbocycles. The molecule has 0 saturated heterocycles. The van der Waals surface area contributed by atoms with E-state index in [1.54, 1.807) is 6.20 Å². The van der Waals surface area contributed by atoms with Crippen LogP contribution in [0.3, 0.4) is 0 Å². The first kappa shape index (κ1) is 27.4. The number of fused-ring (bicyclic) bond motifs is 1. The lowest BCUT2D eigenvalue weighted by atomic mass is 9.77. The maximum atomic E-state index is 13.5. The van der Waals surface area contributed by atoms with Crippen LogP contribution in [0.15, 0.2) is 41.7 Å². The van der Waals surface area contributed by atoms with Crippen LogP contribution in [0.5, 0.6) is 0 Å². The van der Waals surface area contributed by atoms with Gasteiger partial charge in [0.1, 0.15) is 12.4 Å². The van der Waals surface area contributed by atoms with Gasteiger partial charge >= 0.3 is 5.97 Å². The van der Waals surface area contributed by atoms with Crippen LogP contribution >= 0.6 is 0 Å². The monoisotopic (exact) mass is 498 g/mol. The first-order valence-electron chi connectivity index (χ1n) is 12.7. The summed E-state index contributed by atoms with van der Waals surface area (Å²) in [6, 6.07) is 9.63. The molecule has 0 N–H and O–H groups in total.